The van der Waals surface area contributed by atoms with E-state index >= 15 is 0 Å². The second kappa shape index (κ2) is 8.26. The van der Waals surface area contributed by atoms with E-state index in [4.69, 9.17) is 0 Å². The fourth-order valence-corrected chi connectivity index (χ4v) is 3.92. The molecule has 23 heavy (non-hydrogen) atoms. The minimum Gasteiger partial charge on any atom is -0.267 e. The largest absolute Gasteiger partial charge is 0.279 e. The zero-order valence-corrected chi connectivity index (χ0v) is 15.5. The van der Waals surface area contributed by atoms with Crippen LogP contribution < -0.4 is 10.9 Å². The van der Waals surface area contributed by atoms with Crippen LogP contribution in [0, 0.1) is 0 Å². The summed E-state index contributed by atoms with van der Waals surface area (Å²) in [6.45, 7) is 4.20. The number of rotatable bonds is 5. The predicted octanol–water partition coefficient (Wildman–Crippen LogP) is 4.10. The molecule has 1 aromatic carbocycles. The van der Waals surface area contributed by atoms with Gasteiger partial charge in [0.2, 0.25) is 0 Å². The van der Waals surface area contributed by atoms with E-state index < -0.39 is 0 Å². The van der Waals surface area contributed by atoms with Gasteiger partial charge in [-0.15, -0.1) is 11.3 Å². The molecule has 2 amide bonds. The fourth-order valence-electron chi connectivity index (χ4n) is 2.20. The number of carbonyl (C=O) groups is 2. The van der Waals surface area contributed by atoms with E-state index in [0.717, 1.165) is 19.3 Å². The average Bonchev–Trinajstić information content (AvgIpc) is 2.96. The van der Waals surface area contributed by atoms with Gasteiger partial charge in [0.15, 0.2) is 0 Å². The smallest absolute Gasteiger partial charge is 0.267 e. The summed E-state index contributed by atoms with van der Waals surface area (Å²) in [5, 5.41) is 0. The highest BCUT2D eigenvalue weighted by atomic mass is 79.9. The van der Waals surface area contributed by atoms with Gasteiger partial charge in [0, 0.05) is 9.35 Å². The molecule has 1 heterocycles. The third-order valence-corrected chi connectivity index (χ3v) is 5.31. The molecule has 6 heteroatoms. The van der Waals surface area contributed by atoms with Crippen molar-refractivity contribution in [3.8, 4) is 0 Å². The number of thiophene rings is 1. The Labute approximate surface area is 148 Å². The molecule has 0 spiro atoms. The lowest BCUT2D eigenvalue weighted by Gasteiger charge is -2.07. The Morgan fingerprint density at radius 3 is 2.48 bits per heavy atom. The Bertz CT molecular complexity index is 712. The third kappa shape index (κ3) is 4.42. The average molecular weight is 395 g/mol. The second-order valence-corrected chi connectivity index (χ2v) is 7.04. The van der Waals surface area contributed by atoms with Crippen LogP contribution in [-0.4, -0.2) is 11.8 Å². The summed E-state index contributed by atoms with van der Waals surface area (Å²) in [5.41, 5.74) is 6.62. The van der Waals surface area contributed by atoms with Crippen molar-refractivity contribution in [1.82, 2.24) is 10.9 Å². The highest BCUT2D eigenvalue weighted by Gasteiger charge is 2.15. The monoisotopic (exact) mass is 394 g/mol. The lowest BCUT2D eigenvalue weighted by molar-refractivity contribution is 0.0848. The Morgan fingerprint density at radius 2 is 1.83 bits per heavy atom. The van der Waals surface area contributed by atoms with Crippen LogP contribution in [0.15, 0.2) is 34.8 Å². The molecule has 0 fully saturated rings. The molecule has 0 atom stereocenters. The van der Waals surface area contributed by atoms with E-state index in [1.165, 1.54) is 21.8 Å². The summed E-state index contributed by atoms with van der Waals surface area (Å²) in [7, 11) is 0. The lowest BCUT2D eigenvalue weighted by atomic mass is 10.1. The number of nitrogens with one attached hydrogen (secondary N) is 2. The molecule has 2 rings (SSSR count). The molecular formula is C17H19BrN2O2S. The van der Waals surface area contributed by atoms with Gasteiger partial charge < -0.3 is 0 Å². The predicted molar refractivity (Wildman–Crippen MR) is 96.8 cm³/mol. The first-order valence-electron chi connectivity index (χ1n) is 7.53. The van der Waals surface area contributed by atoms with Gasteiger partial charge in [-0.2, -0.15) is 0 Å². The van der Waals surface area contributed by atoms with Crippen LogP contribution in [0.5, 0.6) is 0 Å². The maximum absolute atomic E-state index is 12.2. The minimum atomic E-state index is -0.355. The zero-order chi connectivity index (χ0) is 16.8. The van der Waals surface area contributed by atoms with Crippen LogP contribution in [-0.2, 0) is 12.8 Å². The molecule has 0 bridgehead atoms. The van der Waals surface area contributed by atoms with E-state index in [1.807, 2.05) is 12.1 Å². The molecule has 1 aromatic heterocycles. The molecule has 0 saturated heterocycles. The number of aryl methyl sites for hydroxylation is 2. The van der Waals surface area contributed by atoms with Crippen LogP contribution in [0.2, 0.25) is 0 Å². The highest BCUT2D eigenvalue weighted by Crippen LogP contribution is 2.24. The summed E-state index contributed by atoms with van der Waals surface area (Å²) in [4.78, 5) is 26.2. The van der Waals surface area contributed by atoms with Gasteiger partial charge >= 0.3 is 0 Å². The Kier molecular flexibility index (Phi) is 6.36. The number of halogens is 1. The van der Waals surface area contributed by atoms with Crippen molar-refractivity contribution in [2.45, 2.75) is 33.1 Å². The van der Waals surface area contributed by atoms with Crippen molar-refractivity contribution >= 4 is 39.1 Å². The highest BCUT2D eigenvalue weighted by molar-refractivity contribution is 9.10. The summed E-state index contributed by atoms with van der Waals surface area (Å²) < 4.78 is 0.682. The lowest BCUT2D eigenvalue weighted by Crippen LogP contribution is -2.41. The molecule has 0 aliphatic heterocycles. The van der Waals surface area contributed by atoms with Crippen LogP contribution >= 0.6 is 27.3 Å². The molecule has 0 aliphatic rings. The summed E-state index contributed by atoms with van der Waals surface area (Å²) in [6, 6.07) is 8.97. The summed E-state index contributed by atoms with van der Waals surface area (Å²) in [6.07, 6.45) is 2.93. The molecule has 0 saturated carbocycles. The van der Waals surface area contributed by atoms with Gasteiger partial charge in [-0.05, 0) is 52.5 Å². The van der Waals surface area contributed by atoms with Crippen molar-refractivity contribution < 1.29 is 9.59 Å². The van der Waals surface area contributed by atoms with E-state index in [-0.39, 0.29) is 11.8 Å². The molecule has 0 unspecified atom stereocenters. The number of hydrogen-bond donors (Lipinski definition) is 2. The van der Waals surface area contributed by atoms with Gasteiger partial charge in [0.25, 0.3) is 11.8 Å². The Morgan fingerprint density at radius 1 is 1.13 bits per heavy atom. The molecule has 4 nitrogen and oxygen atoms in total. The number of hydrazine groups is 1. The zero-order valence-electron chi connectivity index (χ0n) is 13.1. The number of amides is 2. The first-order valence-corrected chi connectivity index (χ1v) is 9.14. The van der Waals surface area contributed by atoms with Crippen LogP contribution in [0.1, 0.15) is 50.7 Å². The third-order valence-electron chi connectivity index (χ3n) is 3.39. The van der Waals surface area contributed by atoms with Crippen LogP contribution in [0.4, 0.5) is 0 Å². The first kappa shape index (κ1) is 17.7. The van der Waals surface area contributed by atoms with Gasteiger partial charge in [-0.3, -0.25) is 20.4 Å². The van der Waals surface area contributed by atoms with Crippen molar-refractivity contribution in [2.75, 3.05) is 0 Å². The van der Waals surface area contributed by atoms with Crippen molar-refractivity contribution in [3.05, 3.63) is 55.7 Å². The maximum Gasteiger partial charge on any atom is 0.279 e. The SMILES string of the molecule is CCCc1sc(C(=O)NNC(=O)c2ccccc2Br)cc1CC. The van der Waals surface area contributed by atoms with Gasteiger partial charge in [-0.1, -0.05) is 32.4 Å². The number of carbonyl (C=O) groups excluding carboxylic acids is 2. The molecule has 2 N–H and O–H groups in total. The molecular weight excluding hydrogens is 376 g/mol. The van der Waals surface area contributed by atoms with Crippen molar-refractivity contribution in [3.63, 3.8) is 0 Å². The number of hydrogen-bond acceptors (Lipinski definition) is 3. The van der Waals surface area contributed by atoms with E-state index in [0.29, 0.717) is 14.9 Å². The first-order chi connectivity index (χ1) is 11.1. The molecule has 0 aliphatic carbocycles. The Balaban J connectivity index is 2.02. The van der Waals surface area contributed by atoms with Crippen LogP contribution in [0.3, 0.4) is 0 Å². The quantitative estimate of drug-likeness (QED) is 0.749. The van der Waals surface area contributed by atoms with Crippen molar-refractivity contribution in [1.29, 1.82) is 0 Å². The van der Waals surface area contributed by atoms with Crippen molar-refractivity contribution in [2.24, 2.45) is 0 Å². The molecule has 122 valence electrons. The fraction of sp³-hybridized carbons (Fsp3) is 0.294. The van der Waals surface area contributed by atoms with Gasteiger partial charge in [-0.25, -0.2) is 0 Å². The van der Waals surface area contributed by atoms with Gasteiger partial charge in [0.05, 0.1) is 10.4 Å². The van der Waals surface area contributed by atoms with Gasteiger partial charge in [0.1, 0.15) is 0 Å². The summed E-state index contributed by atoms with van der Waals surface area (Å²) >= 11 is 4.81. The van der Waals surface area contributed by atoms with Crippen LogP contribution in [0.25, 0.3) is 0 Å². The molecule has 2 aromatic rings. The maximum atomic E-state index is 12.2. The summed E-state index contributed by atoms with van der Waals surface area (Å²) in [5.74, 6) is -0.640. The normalized spacial score (nSPS) is 10.4. The standard InChI is InChI=1S/C17H19BrN2O2S/c1-3-7-14-11(4-2)10-15(23-14)17(22)20-19-16(21)12-8-5-6-9-13(12)18/h5-6,8-10H,3-4,7H2,1-2H3,(H,19,21)(H,20,22). The second-order valence-electron chi connectivity index (χ2n) is 5.05. The molecule has 0 radical (unpaired) electrons. The van der Waals surface area contributed by atoms with E-state index in [1.54, 1.807) is 18.2 Å². The minimum absolute atomic E-state index is 0.285. The van der Waals surface area contributed by atoms with E-state index in [9.17, 15) is 9.59 Å². The topological polar surface area (TPSA) is 58.2 Å². The number of benzene rings is 1. The van der Waals surface area contributed by atoms with E-state index in [2.05, 4.69) is 40.6 Å². The Hall–Kier alpha value is -1.66.